The molecule has 0 spiro atoms. The molecule has 0 saturated carbocycles. The molecule has 88 valence electrons. The van der Waals surface area contributed by atoms with E-state index < -0.39 is 0 Å². The zero-order valence-corrected chi connectivity index (χ0v) is 10.1. The molecule has 1 aromatic carbocycles. The van der Waals surface area contributed by atoms with E-state index in [0.717, 1.165) is 10.4 Å². The van der Waals surface area contributed by atoms with Crippen LogP contribution in [-0.4, -0.2) is 15.9 Å². The highest BCUT2D eigenvalue weighted by molar-refractivity contribution is 7.09. The molecule has 5 heteroatoms. The van der Waals surface area contributed by atoms with Crippen molar-refractivity contribution >= 4 is 17.0 Å². The summed E-state index contributed by atoms with van der Waals surface area (Å²) >= 11 is 1.55. The second-order valence-electron chi connectivity index (χ2n) is 3.44. The third-order valence-corrected chi connectivity index (χ3v) is 3.03. The molecule has 0 aliphatic heterocycles. The van der Waals surface area contributed by atoms with Crippen molar-refractivity contribution < 1.29 is 9.94 Å². The molecule has 0 atom stereocenters. The van der Waals surface area contributed by atoms with Gasteiger partial charge in [0.1, 0.15) is 12.4 Å². The Kier molecular flexibility index (Phi) is 3.72. The van der Waals surface area contributed by atoms with E-state index in [1.54, 1.807) is 30.0 Å². The van der Waals surface area contributed by atoms with E-state index in [1.807, 2.05) is 24.3 Å². The maximum atomic E-state index is 8.79. The molecule has 1 heterocycles. The van der Waals surface area contributed by atoms with E-state index in [0.29, 0.717) is 18.1 Å². The third kappa shape index (κ3) is 2.82. The van der Waals surface area contributed by atoms with Gasteiger partial charge in [-0.2, -0.15) is 0 Å². The molecular weight excluding hydrogens is 236 g/mol. The van der Waals surface area contributed by atoms with Crippen LogP contribution in [0.3, 0.4) is 0 Å². The Morgan fingerprint density at radius 3 is 3.00 bits per heavy atom. The average Bonchev–Trinajstić information content (AvgIpc) is 2.89. The van der Waals surface area contributed by atoms with Crippen molar-refractivity contribution in [1.82, 2.24) is 4.98 Å². The minimum absolute atomic E-state index is 0.473. The van der Waals surface area contributed by atoms with Gasteiger partial charge in [0.2, 0.25) is 0 Å². The summed E-state index contributed by atoms with van der Waals surface area (Å²) < 4.78 is 5.68. The summed E-state index contributed by atoms with van der Waals surface area (Å²) in [5.41, 5.74) is 3.09. The largest absolute Gasteiger partial charge is 0.487 e. The smallest absolute Gasteiger partial charge is 0.129 e. The van der Waals surface area contributed by atoms with Crippen molar-refractivity contribution in [2.45, 2.75) is 13.5 Å². The third-order valence-electron chi connectivity index (χ3n) is 2.28. The number of hydrogen-bond donors (Lipinski definition) is 1. The lowest BCUT2D eigenvalue weighted by Gasteiger charge is -2.09. The lowest BCUT2D eigenvalue weighted by Crippen LogP contribution is -2.01. The predicted molar refractivity (Wildman–Crippen MR) is 66.9 cm³/mol. The molecule has 1 aromatic heterocycles. The average molecular weight is 248 g/mol. The summed E-state index contributed by atoms with van der Waals surface area (Å²) in [7, 11) is 0. The van der Waals surface area contributed by atoms with Crippen LogP contribution in [-0.2, 0) is 6.61 Å². The van der Waals surface area contributed by atoms with Crippen LogP contribution in [0.15, 0.2) is 41.1 Å². The van der Waals surface area contributed by atoms with E-state index in [2.05, 4.69) is 10.1 Å². The van der Waals surface area contributed by atoms with E-state index in [9.17, 15) is 0 Å². The number of para-hydroxylation sites is 1. The van der Waals surface area contributed by atoms with Gasteiger partial charge >= 0.3 is 0 Å². The van der Waals surface area contributed by atoms with Gasteiger partial charge in [-0.15, -0.1) is 11.3 Å². The van der Waals surface area contributed by atoms with Gasteiger partial charge in [-0.25, -0.2) is 0 Å². The standard InChI is InChI=1S/C12H12N2O2S/c1-9(14-15)11-4-2-3-5-12(11)16-7-10-6-13-8-17-10/h2-6,8,15H,7H2,1H3/b14-9-. The van der Waals surface area contributed by atoms with Gasteiger partial charge in [-0.3, -0.25) is 4.98 Å². The van der Waals surface area contributed by atoms with Gasteiger partial charge < -0.3 is 9.94 Å². The number of rotatable bonds is 4. The van der Waals surface area contributed by atoms with E-state index in [1.165, 1.54) is 0 Å². The highest BCUT2D eigenvalue weighted by Crippen LogP contribution is 2.20. The second kappa shape index (κ2) is 5.45. The minimum atomic E-state index is 0.473. The SMILES string of the molecule is C/C(=N/O)c1ccccc1OCc1cncs1. The second-order valence-corrected chi connectivity index (χ2v) is 4.41. The van der Waals surface area contributed by atoms with Crippen molar-refractivity contribution in [3.63, 3.8) is 0 Å². The van der Waals surface area contributed by atoms with Gasteiger partial charge in [0.05, 0.1) is 16.1 Å². The number of hydrogen-bond acceptors (Lipinski definition) is 5. The summed E-state index contributed by atoms with van der Waals surface area (Å²) in [4.78, 5) is 5.04. The molecule has 0 saturated heterocycles. The highest BCUT2D eigenvalue weighted by Gasteiger charge is 2.06. The number of benzene rings is 1. The van der Waals surface area contributed by atoms with Gasteiger partial charge in [0, 0.05) is 11.8 Å². The van der Waals surface area contributed by atoms with Gasteiger partial charge in [0.15, 0.2) is 0 Å². The summed E-state index contributed by atoms with van der Waals surface area (Å²) in [6.07, 6.45) is 1.78. The van der Waals surface area contributed by atoms with Gasteiger partial charge in [-0.1, -0.05) is 17.3 Å². The quantitative estimate of drug-likeness (QED) is 0.514. The molecule has 0 fully saturated rings. The molecule has 17 heavy (non-hydrogen) atoms. The maximum Gasteiger partial charge on any atom is 0.129 e. The van der Waals surface area contributed by atoms with E-state index in [4.69, 9.17) is 9.94 Å². The predicted octanol–water partition coefficient (Wildman–Crippen LogP) is 2.92. The molecule has 0 radical (unpaired) electrons. The van der Waals surface area contributed by atoms with Crippen LogP contribution in [0.25, 0.3) is 0 Å². The molecule has 0 bridgehead atoms. The summed E-state index contributed by atoms with van der Waals surface area (Å²) in [6, 6.07) is 7.47. The first-order valence-corrected chi connectivity index (χ1v) is 5.97. The Hall–Kier alpha value is -1.88. The molecule has 1 N–H and O–H groups in total. The molecule has 0 aliphatic carbocycles. The van der Waals surface area contributed by atoms with E-state index in [-0.39, 0.29) is 0 Å². The van der Waals surface area contributed by atoms with Gasteiger partial charge in [-0.05, 0) is 19.1 Å². The van der Waals surface area contributed by atoms with Crippen molar-refractivity contribution in [2.24, 2.45) is 5.16 Å². The van der Waals surface area contributed by atoms with Crippen LogP contribution in [0, 0.1) is 0 Å². The number of nitrogens with zero attached hydrogens (tertiary/aromatic N) is 2. The zero-order valence-electron chi connectivity index (χ0n) is 9.33. The zero-order chi connectivity index (χ0) is 12.1. The highest BCUT2D eigenvalue weighted by atomic mass is 32.1. The molecular formula is C12H12N2O2S. The van der Waals surface area contributed by atoms with Crippen LogP contribution in [0.1, 0.15) is 17.4 Å². The lowest BCUT2D eigenvalue weighted by atomic mass is 10.1. The van der Waals surface area contributed by atoms with Crippen molar-refractivity contribution in [3.05, 3.63) is 46.4 Å². The Balaban J connectivity index is 2.15. The monoisotopic (exact) mass is 248 g/mol. The molecule has 0 aliphatic rings. The number of ether oxygens (including phenoxy) is 1. The maximum absolute atomic E-state index is 8.79. The minimum Gasteiger partial charge on any atom is -0.487 e. The number of thiazole rings is 1. The van der Waals surface area contributed by atoms with Crippen LogP contribution < -0.4 is 4.74 Å². The van der Waals surface area contributed by atoms with E-state index >= 15 is 0 Å². The Bertz CT molecular complexity index is 509. The Morgan fingerprint density at radius 1 is 1.47 bits per heavy atom. The lowest BCUT2D eigenvalue weighted by molar-refractivity contribution is 0.306. The fourth-order valence-corrected chi connectivity index (χ4v) is 1.91. The van der Waals surface area contributed by atoms with Crippen molar-refractivity contribution in [3.8, 4) is 5.75 Å². The summed E-state index contributed by atoms with van der Waals surface area (Å²) in [5, 5.41) is 12.0. The summed E-state index contributed by atoms with van der Waals surface area (Å²) in [6.45, 7) is 2.20. The first-order chi connectivity index (χ1) is 8.31. The van der Waals surface area contributed by atoms with Crippen LogP contribution in [0.4, 0.5) is 0 Å². The molecule has 0 amide bonds. The van der Waals surface area contributed by atoms with Crippen molar-refractivity contribution in [1.29, 1.82) is 0 Å². The first kappa shape index (κ1) is 11.6. The Labute approximate surface area is 103 Å². The molecule has 2 aromatic rings. The summed E-state index contributed by atoms with van der Waals surface area (Å²) in [5.74, 6) is 0.705. The first-order valence-electron chi connectivity index (χ1n) is 5.09. The molecule has 0 unspecified atom stereocenters. The molecule has 2 rings (SSSR count). The topological polar surface area (TPSA) is 54.7 Å². The van der Waals surface area contributed by atoms with Crippen molar-refractivity contribution in [2.75, 3.05) is 0 Å². The van der Waals surface area contributed by atoms with Crippen LogP contribution in [0.2, 0.25) is 0 Å². The van der Waals surface area contributed by atoms with Gasteiger partial charge in [0.25, 0.3) is 0 Å². The molecule has 4 nitrogen and oxygen atoms in total. The van der Waals surface area contributed by atoms with Crippen LogP contribution >= 0.6 is 11.3 Å². The van der Waals surface area contributed by atoms with Crippen LogP contribution in [0.5, 0.6) is 5.75 Å². The fourth-order valence-electron chi connectivity index (χ4n) is 1.41. The fraction of sp³-hybridized carbons (Fsp3) is 0.167. The number of aromatic nitrogens is 1. The Morgan fingerprint density at radius 2 is 2.29 bits per heavy atom. The number of oxime groups is 1. The normalized spacial score (nSPS) is 11.5.